The van der Waals surface area contributed by atoms with Crippen molar-refractivity contribution in [2.45, 2.75) is 19.9 Å². The summed E-state index contributed by atoms with van der Waals surface area (Å²) in [6.45, 7) is 4.85. The Bertz CT molecular complexity index is 450. The van der Waals surface area contributed by atoms with Crippen LogP contribution in [0.4, 0.5) is 5.69 Å². The maximum absolute atomic E-state index is 12.2. The predicted octanol–water partition coefficient (Wildman–Crippen LogP) is 1.59. The third-order valence-electron chi connectivity index (χ3n) is 3.41. The van der Waals surface area contributed by atoms with Gasteiger partial charge in [0.25, 0.3) is 5.91 Å². The number of carbonyl (C=O) groups excluding carboxylic acids is 1. The zero-order chi connectivity index (χ0) is 15.3. The molecule has 1 unspecified atom stereocenters. The largest absolute Gasteiger partial charge is 0.497 e. The van der Waals surface area contributed by atoms with Crippen LogP contribution in [0.25, 0.3) is 0 Å². The molecule has 0 heterocycles. The van der Waals surface area contributed by atoms with Gasteiger partial charge >= 0.3 is 0 Å². The molecule has 0 fully saturated rings. The quantitative estimate of drug-likeness (QED) is 0.776. The van der Waals surface area contributed by atoms with E-state index in [0.717, 1.165) is 0 Å². The van der Waals surface area contributed by atoms with Crippen molar-refractivity contribution in [1.82, 2.24) is 10.2 Å². The number of nitrogens with zero attached hydrogens (tertiary/aromatic N) is 1. The maximum Gasteiger partial charge on any atom is 0.253 e. The first-order chi connectivity index (χ1) is 9.36. The van der Waals surface area contributed by atoms with Crippen molar-refractivity contribution < 1.29 is 9.53 Å². The van der Waals surface area contributed by atoms with E-state index in [4.69, 9.17) is 10.5 Å². The molecular weight excluding hydrogens is 254 g/mol. The van der Waals surface area contributed by atoms with Crippen LogP contribution in [0.3, 0.4) is 0 Å². The molecule has 5 nitrogen and oxygen atoms in total. The molecule has 112 valence electrons. The summed E-state index contributed by atoms with van der Waals surface area (Å²) in [5.74, 6) is 0.902. The second-order valence-corrected chi connectivity index (χ2v) is 5.44. The third kappa shape index (κ3) is 4.13. The van der Waals surface area contributed by atoms with Crippen LogP contribution in [-0.2, 0) is 0 Å². The highest BCUT2D eigenvalue weighted by molar-refractivity contribution is 5.99. The summed E-state index contributed by atoms with van der Waals surface area (Å²) >= 11 is 0. The Morgan fingerprint density at radius 1 is 1.40 bits per heavy atom. The van der Waals surface area contributed by atoms with E-state index in [-0.39, 0.29) is 11.9 Å². The number of hydrogen-bond donors (Lipinski definition) is 2. The molecule has 1 aromatic carbocycles. The molecular formula is C15H25N3O2. The number of nitrogens with two attached hydrogens (primary N) is 1. The summed E-state index contributed by atoms with van der Waals surface area (Å²) < 4.78 is 5.12. The SMILES string of the molecule is COc1ccc(N)c(C(=O)NCC(C(C)C)N(C)C)c1. The molecule has 0 aliphatic rings. The van der Waals surface area contributed by atoms with Crippen LogP contribution in [0.2, 0.25) is 0 Å². The van der Waals surface area contributed by atoms with Crippen LogP contribution in [0, 0.1) is 5.92 Å². The van der Waals surface area contributed by atoms with Crippen LogP contribution in [-0.4, -0.2) is 44.6 Å². The van der Waals surface area contributed by atoms with E-state index >= 15 is 0 Å². The molecule has 0 bridgehead atoms. The van der Waals surface area contributed by atoms with Crippen LogP contribution in [0.5, 0.6) is 5.75 Å². The summed E-state index contributed by atoms with van der Waals surface area (Å²) in [5.41, 5.74) is 6.75. The molecule has 5 heteroatoms. The summed E-state index contributed by atoms with van der Waals surface area (Å²) in [6.07, 6.45) is 0. The lowest BCUT2D eigenvalue weighted by molar-refractivity contribution is 0.0935. The molecule has 0 aromatic heterocycles. The number of carbonyl (C=O) groups is 1. The molecule has 1 atom stereocenters. The molecule has 1 amide bonds. The summed E-state index contributed by atoms with van der Waals surface area (Å²) in [6, 6.07) is 5.36. The van der Waals surface area contributed by atoms with Crippen molar-refractivity contribution in [3.8, 4) is 5.75 Å². The summed E-state index contributed by atoms with van der Waals surface area (Å²) in [4.78, 5) is 14.3. The summed E-state index contributed by atoms with van der Waals surface area (Å²) in [7, 11) is 5.58. The van der Waals surface area contributed by atoms with Crippen LogP contribution in [0.15, 0.2) is 18.2 Å². The first-order valence-electron chi connectivity index (χ1n) is 6.75. The Labute approximate surface area is 121 Å². The third-order valence-corrected chi connectivity index (χ3v) is 3.41. The molecule has 20 heavy (non-hydrogen) atoms. The average Bonchev–Trinajstić information content (AvgIpc) is 2.38. The van der Waals surface area contributed by atoms with Crippen molar-refractivity contribution in [3.05, 3.63) is 23.8 Å². The number of amides is 1. The van der Waals surface area contributed by atoms with Gasteiger partial charge in [-0.2, -0.15) is 0 Å². The zero-order valence-corrected chi connectivity index (χ0v) is 12.9. The molecule has 3 N–H and O–H groups in total. The second kappa shape index (κ2) is 7.14. The van der Waals surface area contributed by atoms with E-state index in [9.17, 15) is 4.79 Å². The second-order valence-electron chi connectivity index (χ2n) is 5.44. The Morgan fingerprint density at radius 3 is 2.55 bits per heavy atom. The van der Waals surface area contributed by atoms with E-state index in [1.54, 1.807) is 25.3 Å². The summed E-state index contributed by atoms with van der Waals surface area (Å²) in [5, 5.41) is 2.94. The Hall–Kier alpha value is -1.75. The highest BCUT2D eigenvalue weighted by Crippen LogP contribution is 2.19. The number of hydrogen-bond acceptors (Lipinski definition) is 4. The highest BCUT2D eigenvalue weighted by Gasteiger charge is 2.18. The number of ether oxygens (including phenoxy) is 1. The van der Waals surface area contributed by atoms with Gasteiger partial charge in [-0.05, 0) is 38.2 Å². The minimum absolute atomic E-state index is 0.172. The van der Waals surface area contributed by atoms with Crippen LogP contribution in [0.1, 0.15) is 24.2 Å². The van der Waals surface area contributed by atoms with E-state index in [0.29, 0.717) is 29.5 Å². The molecule has 1 rings (SSSR count). The lowest BCUT2D eigenvalue weighted by Gasteiger charge is -2.28. The van der Waals surface area contributed by atoms with Gasteiger partial charge in [0.15, 0.2) is 0 Å². The van der Waals surface area contributed by atoms with Gasteiger partial charge < -0.3 is 20.7 Å². The van der Waals surface area contributed by atoms with Gasteiger partial charge in [-0.3, -0.25) is 4.79 Å². The predicted molar refractivity (Wildman–Crippen MR) is 82.1 cm³/mol. The zero-order valence-electron chi connectivity index (χ0n) is 12.9. The van der Waals surface area contributed by atoms with Crippen molar-refractivity contribution >= 4 is 11.6 Å². The van der Waals surface area contributed by atoms with Gasteiger partial charge in [-0.15, -0.1) is 0 Å². The van der Waals surface area contributed by atoms with E-state index < -0.39 is 0 Å². The van der Waals surface area contributed by atoms with Gasteiger partial charge in [0.05, 0.1) is 12.7 Å². The number of nitrogens with one attached hydrogen (secondary N) is 1. The van der Waals surface area contributed by atoms with Crippen molar-refractivity contribution in [1.29, 1.82) is 0 Å². The lowest BCUT2D eigenvalue weighted by Crippen LogP contribution is -2.43. The smallest absolute Gasteiger partial charge is 0.253 e. The van der Waals surface area contributed by atoms with Gasteiger partial charge in [0, 0.05) is 18.3 Å². The fourth-order valence-corrected chi connectivity index (χ4v) is 2.17. The standard InChI is InChI=1S/C15H25N3O2/c1-10(2)14(18(3)4)9-17-15(19)12-8-11(20-5)6-7-13(12)16/h6-8,10,14H,9,16H2,1-5H3,(H,17,19). The van der Waals surface area contributed by atoms with Crippen molar-refractivity contribution in [3.63, 3.8) is 0 Å². The number of nitrogen functional groups attached to an aromatic ring is 1. The number of methoxy groups -OCH3 is 1. The molecule has 0 spiro atoms. The topological polar surface area (TPSA) is 67.6 Å². The number of rotatable bonds is 6. The van der Waals surface area contributed by atoms with E-state index in [2.05, 4.69) is 24.1 Å². The molecule has 0 saturated heterocycles. The Morgan fingerprint density at radius 2 is 2.05 bits per heavy atom. The van der Waals surface area contributed by atoms with E-state index in [1.807, 2.05) is 14.1 Å². The Balaban J connectivity index is 2.76. The number of benzene rings is 1. The first kappa shape index (κ1) is 16.3. The molecule has 0 radical (unpaired) electrons. The highest BCUT2D eigenvalue weighted by atomic mass is 16.5. The number of anilines is 1. The minimum Gasteiger partial charge on any atom is -0.497 e. The minimum atomic E-state index is -0.172. The lowest BCUT2D eigenvalue weighted by atomic mass is 10.0. The van der Waals surface area contributed by atoms with Gasteiger partial charge in [0.1, 0.15) is 5.75 Å². The fourth-order valence-electron chi connectivity index (χ4n) is 2.17. The molecule has 0 saturated carbocycles. The molecule has 0 aliphatic heterocycles. The van der Waals surface area contributed by atoms with E-state index in [1.165, 1.54) is 0 Å². The maximum atomic E-state index is 12.2. The molecule has 0 aliphatic carbocycles. The Kier molecular flexibility index (Phi) is 5.82. The van der Waals surface area contributed by atoms with Gasteiger partial charge in [-0.1, -0.05) is 13.8 Å². The van der Waals surface area contributed by atoms with Crippen LogP contribution < -0.4 is 15.8 Å². The monoisotopic (exact) mass is 279 g/mol. The van der Waals surface area contributed by atoms with Gasteiger partial charge in [0.2, 0.25) is 0 Å². The normalized spacial score (nSPS) is 12.6. The average molecular weight is 279 g/mol. The van der Waals surface area contributed by atoms with Crippen LogP contribution >= 0.6 is 0 Å². The molecule has 1 aromatic rings. The first-order valence-corrected chi connectivity index (χ1v) is 6.75. The fraction of sp³-hybridized carbons (Fsp3) is 0.533. The van der Waals surface area contributed by atoms with Gasteiger partial charge in [-0.25, -0.2) is 0 Å². The van der Waals surface area contributed by atoms with Crippen molar-refractivity contribution in [2.24, 2.45) is 5.92 Å². The number of likely N-dealkylation sites (N-methyl/N-ethyl adjacent to an activating group) is 1. The van der Waals surface area contributed by atoms with Crippen molar-refractivity contribution in [2.75, 3.05) is 33.5 Å².